The van der Waals surface area contributed by atoms with Crippen molar-refractivity contribution in [1.82, 2.24) is 10.5 Å². The summed E-state index contributed by atoms with van der Waals surface area (Å²) in [5, 5.41) is 6.93. The molecule has 1 N–H and O–H groups in total. The second-order valence-electron chi connectivity index (χ2n) is 6.26. The Kier molecular flexibility index (Phi) is 4.51. The summed E-state index contributed by atoms with van der Waals surface area (Å²) in [6.45, 7) is 2.01. The first kappa shape index (κ1) is 16.8. The van der Waals surface area contributed by atoms with Crippen molar-refractivity contribution in [3.05, 3.63) is 71.2 Å². The van der Waals surface area contributed by atoms with Crippen molar-refractivity contribution in [2.24, 2.45) is 0 Å². The number of nitrogens with one attached hydrogen (secondary N) is 1. The van der Waals surface area contributed by atoms with Gasteiger partial charge in [0.2, 0.25) is 5.76 Å². The van der Waals surface area contributed by atoms with Crippen molar-refractivity contribution < 1.29 is 13.7 Å². The standard InChI is InChI=1S/C20H17FN2O2S/c1-12-5-7-13(8-6-12)17-11-18(25-23-17)20(24)22-16-9-10-26-19-14(16)3-2-4-15(19)21/h2-8,11,16H,9-10H2,1H3,(H,22,24). The average molecular weight is 368 g/mol. The number of aromatic nitrogens is 1. The third-order valence-electron chi connectivity index (χ3n) is 4.41. The van der Waals surface area contributed by atoms with Gasteiger partial charge in [0.15, 0.2) is 0 Å². The molecule has 0 saturated heterocycles. The minimum absolute atomic E-state index is 0.150. The Morgan fingerprint density at radius 2 is 2.08 bits per heavy atom. The Morgan fingerprint density at radius 1 is 1.27 bits per heavy atom. The fourth-order valence-corrected chi connectivity index (χ4v) is 4.15. The van der Waals surface area contributed by atoms with Crippen LogP contribution in [0.25, 0.3) is 11.3 Å². The molecule has 132 valence electrons. The van der Waals surface area contributed by atoms with Crippen molar-refractivity contribution in [3.63, 3.8) is 0 Å². The molecule has 0 spiro atoms. The zero-order valence-electron chi connectivity index (χ0n) is 14.2. The van der Waals surface area contributed by atoms with Gasteiger partial charge < -0.3 is 9.84 Å². The lowest BCUT2D eigenvalue weighted by Gasteiger charge is -2.25. The number of aryl methyl sites for hydroxylation is 1. The number of thioether (sulfide) groups is 1. The molecule has 1 atom stereocenters. The van der Waals surface area contributed by atoms with E-state index in [9.17, 15) is 9.18 Å². The molecule has 1 aromatic heterocycles. The van der Waals surface area contributed by atoms with E-state index >= 15 is 0 Å². The monoisotopic (exact) mass is 368 g/mol. The van der Waals surface area contributed by atoms with E-state index in [4.69, 9.17) is 4.52 Å². The molecule has 0 fully saturated rings. The molecule has 0 saturated carbocycles. The number of halogens is 1. The van der Waals surface area contributed by atoms with Crippen molar-refractivity contribution in [1.29, 1.82) is 0 Å². The number of fused-ring (bicyclic) bond motifs is 1. The summed E-state index contributed by atoms with van der Waals surface area (Å²) in [6.07, 6.45) is 0.742. The summed E-state index contributed by atoms with van der Waals surface area (Å²) in [7, 11) is 0. The Bertz CT molecular complexity index is 953. The van der Waals surface area contributed by atoms with Crippen LogP contribution >= 0.6 is 11.8 Å². The van der Waals surface area contributed by atoms with Crippen LogP contribution in [-0.4, -0.2) is 16.8 Å². The van der Waals surface area contributed by atoms with E-state index in [1.54, 1.807) is 12.1 Å². The second kappa shape index (κ2) is 6.96. The van der Waals surface area contributed by atoms with Crippen LogP contribution in [0, 0.1) is 12.7 Å². The van der Waals surface area contributed by atoms with Crippen LogP contribution in [-0.2, 0) is 0 Å². The predicted molar refractivity (Wildman–Crippen MR) is 98.6 cm³/mol. The third kappa shape index (κ3) is 3.24. The zero-order chi connectivity index (χ0) is 18.1. The molecular weight excluding hydrogens is 351 g/mol. The topological polar surface area (TPSA) is 55.1 Å². The molecule has 0 radical (unpaired) electrons. The molecule has 1 unspecified atom stereocenters. The van der Waals surface area contributed by atoms with Gasteiger partial charge in [-0.2, -0.15) is 0 Å². The van der Waals surface area contributed by atoms with Gasteiger partial charge in [-0.05, 0) is 25.0 Å². The molecule has 1 aliphatic heterocycles. The van der Waals surface area contributed by atoms with Crippen molar-refractivity contribution in [2.45, 2.75) is 24.3 Å². The van der Waals surface area contributed by atoms with Gasteiger partial charge in [-0.25, -0.2) is 4.39 Å². The smallest absolute Gasteiger partial charge is 0.290 e. The predicted octanol–water partition coefficient (Wildman–Crippen LogP) is 4.76. The van der Waals surface area contributed by atoms with E-state index < -0.39 is 0 Å². The Hall–Kier alpha value is -2.60. The lowest BCUT2D eigenvalue weighted by molar-refractivity contribution is 0.0897. The molecule has 3 aromatic rings. The average Bonchev–Trinajstić information content (AvgIpc) is 3.13. The van der Waals surface area contributed by atoms with Gasteiger partial charge in [-0.3, -0.25) is 4.79 Å². The van der Waals surface area contributed by atoms with Gasteiger partial charge >= 0.3 is 0 Å². The second-order valence-corrected chi connectivity index (χ2v) is 7.37. The molecule has 0 bridgehead atoms. The summed E-state index contributed by atoms with van der Waals surface area (Å²) in [4.78, 5) is 13.2. The molecule has 4 rings (SSSR count). The molecule has 4 nitrogen and oxygen atoms in total. The van der Waals surface area contributed by atoms with E-state index in [1.807, 2.05) is 37.3 Å². The summed E-state index contributed by atoms with van der Waals surface area (Å²) in [6, 6.07) is 14.2. The number of carbonyl (C=O) groups excluding carboxylic acids is 1. The number of amides is 1. The Balaban J connectivity index is 1.53. The first-order chi connectivity index (χ1) is 12.6. The zero-order valence-corrected chi connectivity index (χ0v) is 15.0. The van der Waals surface area contributed by atoms with E-state index in [0.29, 0.717) is 10.6 Å². The van der Waals surface area contributed by atoms with E-state index in [-0.39, 0.29) is 23.5 Å². The van der Waals surface area contributed by atoms with Crippen LogP contribution in [0.5, 0.6) is 0 Å². The highest BCUT2D eigenvalue weighted by Gasteiger charge is 2.26. The van der Waals surface area contributed by atoms with Crippen LogP contribution < -0.4 is 5.32 Å². The number of benzene rings is 2. The van der Waals surface area contributed by atoms with Gasteiger partial charge in [-0.1, -0.05) is 47.1 Å². The summed E-state index contributed by atoms with van der Waals surface area (Å²) >= 11 is 1.48. The first-order valence-electron chi connectivity index (χ1n) is 8.37. The lowest BCUT2D eigenvalue weighted by atomic mass is 10.0. The van der Waals surface area contributed by atoms with E-state index in [2.05, 4.69) is 10.5 Å². The molecule has 2 aromatic carbocycles. The summed E-state index contributed by atoms with van der Waals surface area (Å²) in [5.74, 6) is 0.316. The summed E-state index contributed by atoms with van der Waals surface area (Å²) in [5.41, 5.74) is 3.46. The number of rotatable bonds is 3. The van der Waals surface area contributed by atoms with Crippen molar-refractivity contribution in [3.8, 4) is 11.3 Å². The number of carbonyl (C=O) groups is 1. The fraction of sp³-hybridized carbons (Fsp3) is 0.200. The quantitative estimate of drug-likeness (QED) is 0.724. The van der Waals surface area contributed by atoms with E-state index in [1.165, 1.54) is 17.8 Å². The Labute approximate surface area is 154 Å². The largest absolute Gasteiger partial charge is 0.350 e. The minimum Gasteiger partial charge on any atom is -0.350 e. The SMILES string of the molecule is Cc1ccc(-c2cc(C(=O)NC3CCSc4c(F)cccc43)on2)cc1. The molecule has 2 heterocycles. The normalized spacial score (nSPS) is 16.2. The third-order valence-corrected chi connectivity index (χ3v) is 5.57. The van der Waals surface area contributed by atoms with Crippen LogP contribution in [0.4, 0.5) is 4.39 Å². The highest BCUT2D eigenvalue weighted by molar-refractivity contribution is 7.99. The highest BCUT2D eigenvalue weighted by atomic mass is 32.2. The lowest BCUT2D eigenvalue weighted by Crippen LogP contribution is -2.30. The van der Waals surface area contributed by atoms with Gasteiger partial charge in [0, 0.05) is 22.3 Å². The molecule has 1 amide bonds. The highest BCUT2D eigenvalue weighted by Crippen LogP contribution is 2.37. The van der Waals surface area contributed by atoms with Crippen LogP contribution in [0.3, 0.4) is 0 Å². The minimum atomic E-state index is -0.344. The number of nitrogens with zero attached hydrogens (tertiary/aromatic N) is 1. The molecule has 1 aliphatic rings. The van der Waals surface area contributed by atoms with Crippen LogP contribution in [0.15, 0.2) is 57.9 Å². The van der Waals surface area contributed by atoms with Gasteiger partial charge in [0.05, 0.1) is 6.04 Å². The molecule has 0 aliphatic carbocycles. The maximum absolute atomic E-state index is 14.0. The van der Waals surface area contributed by atoms with Gasteiger partial charge in [0.25, 0.3) is 5.91 Å². The maximum atomic E-state index is 14.0. The van der Waals surface area contributed by atoms with Crippen molar-refractivity contribution >= 4 is 17.7 Å². The van der Waals surface area contributed by atoms with Crippen LogP contribution in [0.1, 0.15) is 34.1 Å². The summed E-state index contributed by atoms with van der Waals surface area (Å²) < 4.78 is 19.2. The fourth-order valence-electron chi connectivity index (χ4n) is 3.01. The Morgan fingerprint density at radius 3 is 2.88 bits per heavy atom. The number of hydrogen-bond acceptors (Lipinski definition) is 4. The van der Waals surface area contributed by atoms with Crippen molar-refractivity contribution in [2.75, 3.05) is 5.75 Å². The molecule has 26 heavy (non-hydrogen) atoms. The van der Waals surface area contributed by atoms with Crippen LogP contribution in [0.2, 0.25) is 0 Å². The van der Waals surface area contributed by atoms with Gasteiger partial charge in [0.1, 0.15) is 11.5 Å². The first-order valence-corrected chi connectivity index (χ1v) is 9.36. The van der Waals surface area contributed by atoms with E-state index in [0.717, 1.165) is 28.9 Å². The molecule has 6 heteroatoms. The number of hydrogen-bond donors (Lipinski definition) is 1. The van der Waals surface area contributed by atoms with Gasteiger partial charge in [-0.15, -0.1) is 11.8 Å². The maximum Gasteiger partial charge on any atom is 0.290 e. The molecular formula is C20H17FN2O2S.